The van der Waals surface area contributed by atoms with Crippen LogP contribution in [0.2, 0.25) is 0 Å². The van der Waals surface area contributed by atoms with E-state index >= 15 is 0 Å². The second-order valence-corrected chi connectivity index (χ2v) is 3.25. The minimum absolute atomic E-state index is 0.195. The van der Waals surface area contributed by atoms with Crippen LogP contribution in [-0.4, -0.2) is 22.5 Å². The topological polar surface area (TPSA) is 95.6 Å². The lowest BCUT2D eigenvalue weighted by molar-refractivity contribution is 0.0597. The van der Waals surface area contributed by atoms with E-state index in [4.69, 9.17) is 11.5 Å². The molecule has 0 aromatic carbocycles. The van der Waals surface area contributed by atoms with Crippen molar-refractivity contribution in [2.24, 2.45) is 5.73 Å². The summed E-state index contributed by atoms with van der Waals surface area (Å²) in [5, 5.41) is 0. The summed E-state index contributed by atoms with van der Waals surface area (Å²) in [5.74, 6) is 0.0535. The standard InChI is InChI=1S/C10H12N4O2/c1-16-10(15)8-9-6(12)3-2-4-14(9)7(5-11)13-8/h2-4H,5,11-12H2,1H3. The van der Waals surface area contributed by atoms with Crippen LogP contribution in [0.4, 0.5) is 5.69 Å². The van der Waals surface area contributed by atoms with Crippen LogP contribution in [0, 0.1) is 0 Å². The zero-order valence-corrected chi connectivity index (χ0v) is 8.80. The number of ether oxygens (including phenoxy) is 1. The van der Waals surface area contributed by atoms with E-state index < -0.39 is 5.97 Å². The second-order valence-electron chi connectivity index (χ2n) is 3.25. The zero-order valence-electron chi connectivity index (χ0n) is 8.80. The van der Waals surface area contributed by atoms with Crippen LogP contribution in [0.15, 0.2) is 18.3 Å². The van der Waals surface area contributed by atoms with Gasteiger partial charge in [-0.25, -0.2) is 9.78 Å². The number of nitrogens with zero attached hydrogens (tertiary/aromatic N) is 2. The molecule has 0 amide bonds. The van der Waals surface area contributed by atoms with Crippen LogP contribution in [-0.2, 0) is 11.3 Å². The van der Waals surface area contributed by atoms with Crippen LogP contribution in [0.1, 0.15) is 16.3 Å². The van der Waals surface area contributed by atoms with E-state index in [1.54, 1.807) is 22.7 Å². The van der Waals surface area contributed by atoms with Gasteiger partial charge in [-0.15, -0.1) is 0 Å². The summed E-state index contributed by atoms with van der Waals surface area (Å²) in [6, 6.07) is 3.47. The first-order valence-corrected chi connectivity index (χ1v) is 4.72. The molecule has 2 rings (SSSR count). The van der Waals surface area contributed by atoms with Gasteiger partial charge in [0.15, 0.2) is 5.69 Å². The van der Waals surface area contributed by atoms with Crippen LogP contribution in [0.5, 0.6) is 0 Å². The van der Waals surface area contributed by atoms with Crippen molar-refractivity contribution in [1.82, 2.24) is 9.38 Å². The fourth-order valence-corrected chi connectivity index (χ4v) is 1.61. The number of fused-ring (bicyclic) bond motifs is 1. The fourth-order valence-electron chi connectivity index (χ4n) is 1.61. The van der Waals surface area contributed by atoms with Crippen molar-refractivity contribution in [2.75, 3.05) is 12.8 Å². The van der Waals surface area contributed by atoms with Gasteiger partial charge in [0.2, 0.25) is 0 Å². The van der Waals surface area contributed by atoms with Gasteiger partial charge >= 0.3 is 5.97 Å². The lowest BCUT2D eigenvalue weighted by Gasteiger charge is -2.01. The minimum atomic E-state index is -0.518. The number of hydrogen-bond donors (Lipinski definition) is 2. The highest BCUT2D eigenvalue weighted by Crippen LogP contribution is 2.20. The maximum Gasteiger partial charge on any atom is 0.359 e. The molecular weight excluding hydrogens is 208 g/mol. The summed E-state index contributed by atoms with van der Waals surface area (Å²) in [4.78, 5) is 15.6. The third kappa shape index (κ3) is 1.40. The molecule has 2 heterocycles. The first kappa shape index (κ1) is 10.4. The third-order valence-corrected chi connectivity index (χ3v) is 2.33. The van der Waals surface area contributed by atoms with Crippen molar-refractivity contribution in [2.45, 2.75) is 6.54 Å². The molecule has 0 atom stereocenters. The Labute approximate surface area is 91.8 Å². The Kier molecular flexibility index (Phi) is 2.49. The number of nitrogens with two attached hydrogens (primary N) is 2. The van der Waals surface area contributed by atoms with Crippen LogP contribution >= 0.6 is 0 Å². The predicted molar refractivity (Wildman–Crippen MR) is 58.8 cm³/mol. The summed E-state index contributed by atoms with van der Waals surface area (Å²) in [6.45, 7) is 0.224. The third-order valence-electron chi connectivity index (χ3n) is 2.33. The Morgan fingerprint density at radius 1 is 1.62 bits per heavy atom. The Hall–Kier alpha value is -2.08. The minimum Gasteiger partial charge on any atom is -0.464 e. The molecule has 84 valence electrons. The van der Waals surface area contributed by atoms with Crippen molar-refractivity contribution in [3.05, 3.63) is 29.8 Å². The van der Waals surface area contributed by atoms with Crippen LogP contribution < -0.4 is 11.5 Å². The molecule has 0 fully saturated rings. The number of nitrogen functional groups attached to an aromatic ring is 1. The number of imidazole rings is 1. The van der Waals surface area contributed by atoms with Crippen molar-refractivity contribution < 1.29 is 9.53 Å². The summed E-state index contributed by atoms with van der Waals surface area (Å²) in [5.41, 5.74) is 12.6. The van der Waals surface area contributed by atoms with E-state index in [0.717, 1.165) is 0 Å². The van der Waals surface area contributed by atoms with Gasteiger partial charge in [-0.05, 0) is 12.1 Å². The van der Waals surface area contributed by atoms with Gasteiger partial charge in [0.25, 0.3) is 0 Å². The molecule has 0 saturated carbocycles. The lowest BCUT2D eigenvalue weighted by Crippen LogP contribution is -2.04. The van der Waals surface area contributed by atoms with Gasteiger partial charge in [0.1, 0.15) is 11.3 Å². The average Bonchev–Trinajstić information content (AvgIpc) is 2.68. The van der Waals surface area contributed by atoms with Crippen molar-refractivity contribution in [1.29, 1.82) is 0 Å². The highest BCUT2D eigenvalue weighted by molar-refractivity contribution is 5.98. The van der Waals surface area contributed by atoms with Crippen molar-refractivity contribution >= 4 is 17.2 Å². The number of anilines is 1. The van der Waals surface area contributed by atoms with E-state index in [-0.39, 0.29) is 12.2 Å². The first-order valence-electron chi connectivity index (χ1n) is 4.72. The van der Waals surface area contributed by atoms with Crippen LogP contribution in [0.3, 0.4) is 0 Å². The molecule has 0 radical (unpaired) electrons. The first-order chi connectivity index (χ1) is 7.69. The Balaban J connectivity index is 2.79. The normalized spacial score (nSPS) is 10.6. The van der Waals surface area contributed by atoms with E-state index in [9.17, 15) is 4.79 Å². The highest BCUT2D eigenvalue weighted by atomic mass is 16.5. The Morgan fingerprint density at radius 2 is 2.38 bits per heavy atom. The number of rotatable bonds is 2. The molecule has 16 heavy (non-hydrogen) atoms. The lowest BCUT2D eigenvalue weighted by atomic mass is 10.3. The van der Waals surface area contributed by atoms with E-state index in [0.29, 0.717) is 17.0 Å². The molecule has 0 unspecified atom stereocenters. The number of carbonyl (C=O) groups is 1. The number of methoxy groups -OCH3 is 1. The second kappa shape index (κ2) is 3.82. The molecule has 4 N–H and O–H groups in total. The number of esters is 1. The molecule has 2 aromatic heterocycles. The summed E-state index contributed by atoms with van der Waals surface area (Å²) >= 11 is 0. The molecule has 0 aliphatic heterocycles. The largest absolute Gasteiger partial charge is 0.464 e. The quantitative estimate of drug-likeness (QED) is 0.703. The maximum absolute atomic E-state index is 11.5. The van der Waals surface area contributed by atoms with Crippen molar-refractivity contribution in [3.63, 3.8) is 0 Å². The summed E-state index contributed by atoms with van der Waals surface area (Å²) in [7, 11) is 1.30. The maximum atomic E-state index is 11.5. The molecule has 0 aliphatic rings. The predicted octanol–water partition coefficient (Wildman–Crippen LogP) is 0.162. The molecule has 0 spiro atoms. The zero-order chi connectivity index (χ0) is 11.7. The van der Waals surface area contributed by atoms with Gasteiger partial charge in [0, 0.05) is 6.20 Å². The molecular formula is C10H12N4O2. The molecule has 0 aliphatic carbocycles. The summed E-state index contributed by atoms with van der Waals surface area (Å²) in [6.07, 6.45) is 1.76. The highest BCUT2D eigenvalue weighted by Gasteiger charge is 2.18. The number of aromatic nitrogens is 2. The van der Waals surface area contributed by atoms with Crippen LogP contribution in [0.25, 0.3) is 5.52 Å². The summed E-state index contributed by atoms with van der Waals surface area (Å²) < 4.78 is 6.34. The monoisotopic (exact) mass is 220 g/mol. The number of carbonyl (C=O) groups excluding carboxylic acids is 1. The Morgan fingerprint density at radius 3 is 3.00 bits per heavy atom. The van der Waals surface area contributed by atoms with Gasteiger partial charge in [-0.3, -0.25) is 4.40 Å². The SMILES string of the molecule is COC(=O)c1nc(CN)n2cccc(N)c12. The van der Waals surface area contributed by atoms with E-state index in [1.807, 2.05) is 0 Å². The molecule has 2 aromatic rings. The van der Waals surface area contributed by atoms with Gasteiger partial charge in [-0.2, -0.15) is 0 Å². The molecule has 0 saturated heterocycles. The van der Waals surface area contributed by atoms with Gasteiger partial charge < -0.3 is 16.2 Å². The number of hydrogen-bond acceptors (Lipinski definition) is 5. The fraction of sp³-hybridized carbons (Fsp3) is 0.200. The number of pyridine rings is 1. The Bertz CT molecular complexity index is 547. The van der Waals surface area contributed by atoms with E-state index in [1.165, 1.54) is 7.11 Å². The molecule has 6 nitrogen and oxygen atoms in total. The molecule has 6 heteroatoms. The van der Waals surface area contributed by atoms with Crippen molar-refractivity contribution in [3.8, 4) is 0 Å². The molecule has 0 bridgehead atoms. The van der Waals surface area contributed by atoms with Gasteiger partial charge in [0.05, 0.1) is 19.3 Å². The smallest absolute Gasteiger partial charge is 0.359 e. The van der Waals surface area contributed by atoms with Gasteiger partial charge in [-0.1, -0.05) is 0 Å². The van der Waals surface area contributed by atoms with E-state index in [2.05, 4.69) is 9.72 Å². The average molecular weight is 220 g/mol.